The van der Waals surface area contributed by atoms with Crippen molar-refractivity contribution in [3.05, 3.63) is 87.5 Å². The Bertz CT molecular complexity index is 967. The van der Waals surface area contributed by atoms with Gasteiger partial charge in [-0.05, 0) is 17.7 Å². The maximum atomic E-state index is 11.4. The molecule has 2 aliphatic rings. The van der Waals surface area contributed by atoms with Crippen molar-refractivity contribution in [2.75, 3.05) is 6.54 Å². The van der Waals surface area contributed by atoms with Gasteiger partial charge < -0.3 is 4.90 Å². The molecule has 0 N–H and O–H groups in total. The Kier molecular flexibility index (Phi) is 3.85. The molecule has 6 heteroatoms. The number of aromatic nitrogens is 1. The lowest BCUT2D eigenvalue weighted by Gasteiger charge is -2.29. The number of hydrogen-bond donors (Lipinski definition) is 0. The molecule has 2 heterocycles. The van der Waals surface area contributed by atoms with Crippen molar-refractivity contribution in [3.8, 4) is 0 Å². The lowest BCUT2D eigenvalue weighted by Crippen LogP contribution is -2.29. The van der Waals surface area contributed by atoms with Crippen LogP contribution in [-0.4, -0.2) is 27.6 Å². The fourth-order valence-corrected chi connectivity index (χ4v) is 3.23. The summed E-state index contributed by atoms with van der Waals surface area (Å²) in [6, 6.07) is 10.0. The number of hydrogen-bond acceptors (Lipinski definition) is 5. The van der Waals surface area contributed by atoms with Gasteiger partial charge in [-0.2, -0.15) is 0 Å². The summed E-state index contributed by atoms with van der Waals surface area (Å²) in [5.74, 6) is 0. The van der Waals surface area contributed by atoms with Crippen LogP contribution in [0, 0.1) is 10.1 Å². The Hall–Kier alpha value is -3.28. The first-order chi connectivity index (χ1) is 12.2. The zero-order valence-electron chi connectivity index (χ0n) is 13.5. The van der Waals surface area contributed by atoms with Crippen molar-refractivity contribution in [1.82, 2.24) is 9.88 Å². The zero-order chi connectivity index (χ0) is 17.2. The molecule has 2 aromatic rings. The molecule has 1 aliphatic carbocycles. The van der Waals surface area contributed by atoms with Crippen LogP contribution in [0.25, 0.3) is 10.9 Å². The van der Waals surface area contributed by atoms with Crippen LogP contribution in [0.15, 0.2) is 76.8 Å². The Morgan fingerprint density at radius 3 is 3.00 bits per heavy atom. The van der Waals surface area contributed by atoms with E-state index in [9.17, 15) is 10.1 Å². The minimum absolute atomic E-state index is 0.0456. The van der Waals surface area contributed by atoms with E-state index in [4.69, 9.17) is 0 Å². The predicted octanol–water partition coefficient (Wildman–Crippen LogP) is 3.45. The fraction of sp³-hybridized carbons (Fsp3) is 0.158. The number of nitrogens with zero attached hydrogens (tertiary/aromatic N) is 4. The van der Waals surface area contributed by atoms with Crippen molar-refractivity contribution < 1.29 is 4.92 Å². The highest BCUT2D eigenvalue weighted by atomic mass is 16.6. The molecule has 6 nitrogen and oxygen atoms in total. The van der Waals surface area contributed by atoms with Gasteiger partial charge in [0.2, 0.25) is 0 Å². The number of rotatable bonds is 3. The molecule has 0 saturated heterocycles. The minimum atomic E-state index is -0.367. The number of fused-ring (bicyclic) bond motifs is 1. The highest BCUT2D eigenvalue weighted by Gasteiger charge is 2.27. The average Bonchev–Trinajstić information content (AvgIpc) is 2.85. The molecule has 0 amide bonds. The molecule has 4 rings (SSSR count). The number of aliphatic imine (C=N–C) groups is 1. The smallest absolute Gasteiger partial charge is 0.296 e. The van der Waals surface area contributed by atoms with Crippen LogP contribution in [0.4, 0.5) is 0 Å². The summed E-state index contributed by atoms with van der Waals surface area (Å²) in [5, 5.41) is 12.5. The Balaban J connectivity index is 1.74. The largest absolute Gasteiger partial charge is 0.363 e. The second-order valence-electron chi connectivity index (χ2n) is 5.92. The van der Waals surface area contributed by atoms with E-state index in [1.54, 1.807) is 18.5 Å². The maximum Gasteiger partial charge on any atom is 0.296 e. The molecule has 0 bridgehead atoms. The van der Waals surface area contributed by atoms with E-state index in [2.05, 4.69) is 20.9 Å². The molecule has 25 heavy (non-hydrogen) atoms. The number of allylic oxidation sites excluding steroid dienone is 3. The average molecular weight is 332 g/mol. The Morgan fingerprint density at radius 1 is 1.24 bits per heavy atom. The van der Waals surface area contributed by atoms with Crippen LogP contribution < -0.4 is 0 Å². The predicted molar refractivity (Wildman–Crippen MR) is 96.5 cm³/mol. The summed E-state index contributed by atoms with van der Waals surface area (Å²) in [5.41, 5.74) is 3.49. The van der Waals surface area contributed by atoms with Gasteiger partial charge in [0.15, 0.2) is 5.70 Å². The minimum Gasteiger partial charge on any atom is -0.363 e. The molecular weight excluding hydrogens is 316 g/mol. The van der Waals surface area contributed by atoms with Crippen molar-refractivity contribution in [3.63, 3.8) is 0 Å². The monoisotopic (exact) mass is 332 g/mol. The molecule has 1 aromatic carbocycles. The zero-order valence-corrected chi connectivity index (χ0v) is 13.5. The number of nitro groups is 1. The second kappa shape index (κ2) is 6.32. The van der Waals surface area contributed by atoms with E-state index in [0.29, 0.717) is 25.2 Å². The standard InChI is InChI=1S/C19H16N4O2/c24-23(25)18-8-4-3-7-17-19(18)21-11-12-22(17)13-14-9-10-20-16-6-2-1-5-15(14)16/h1-6,8-11H,7,12-13H2. The summed E-state index contributed by atoms with van der Waals surface area (Å²) in [6.45, 7) is 1.29. The van der Waals surface area contributed by atoms with Gasteiger partial charge in [0, 0.05) is 36.8 Å². The SMILES string of the molecule is O=[N+]([O-])C1=CC=CCC2=C1N=CCN2Cc1ccnc2ccccc12. The second-order valence-corrected chi connectivity index (χ2v) is 5.92. The third-order valence-electron chi connectivity index (χ3n) is 4.42. The quantitative estimate of drug-likeness (QED) is 0.637. The summed E-state index contributed by atoms with van der Waals surface area (Å²) in [7, 11) is 0. The van der Waals surface area contributed by atoms with E-state index in [-0.39, 0.29) is 10.6 Å². The third kappa shape index (κ3) is 2.82. The molecule has 0 atom stereocenters. The van der Waals surface area contributed by atoms with E-state index in [1.807, 2.05) is 30.3 Å². The molecular formula is C19H16N4O2. The number of para-hydroxylation sites is 1. The Labute approximate surface area is 144 Å². The lowest BCUT2D eigenvalue weighted by atomic mass is 10.1. The van der Waals surface area contributed by atoms with Crippen LogP contribution in [-0.2, 0) is 6.54 Å². The molecule has 0 fully saturated rings. The first-order valence-corrected chi connectivity index (χ1v) is 8.09. The van der Waals surface area contributed by atoms with E-state index < -0.39 is 0 Å². The van der Waals surface area contributed by atoms with Crippen LogP contribution in [0.5, 0.6) is 0 Å². The van der Waals surface area contributed by atoms with Crippen LogP contribution in [0.3, 0.4) is 0 Å². The van der Waals surface area contributed by atoms with Crippen molar-refractivity contribution >= 4 is 17.1 Å². The topological polar surface area (TPSA) is 71.6 Å². The van der Waals surface area contributed by atoms with Crippen LogP contribution in [0.2, 0.25) is 0 Å². The molecule has 1 aliphatic heterocycles. The highest BCUT2D eigenvalue weighted by Crippen LogP contribution is 2.29. The normalized spacial score (nSPS) is 16.6. The first-order valence-electron chi connectivity index (χ1n) is 8.09. The first kappa shape index (κ1) is 15.3. The molecule has 0 unspecified atom stereocenters. The van der Waals surface area contributed by atoms with Crippen molar-refractivity contribution in [2.45, 2.75) is 13.0 Å². The maximum absolute atomic E-state index is 11.4. The molecule has 0 spiro atoms. The Morgan fingerprint density at radius 2 is 2.12 bits per heavy atom. The highest BCUT2D eigenvalue weighted by molar-refractivity contribution is 5.81. The van der Waals surface area contributed by atoms with Gasteiger partial charge >= 0.3 is 0 Å². The number of benzene rings is 1. The summed E-state index contributed by atoms with van der Waals surface area (Å²) in [6.07, 6.45) is 9.36. The summed E-state index contributed by atoms with van der Waals surface area (Å²) in [4.78, 5) is 21.9. The number of pyridine rings is 1. The van der Waals surface area contributed by atoms with Gasteiger partial charge in [0.25, 0.3) is 5.70 Å². The van der Waals surface area contributed by atoms with Gasteiger partial charge in [-0.1, -0.05) is 30.4 Å². The molecule has 0 radical (unpaired) electrons. The van der Waals surface area contributed by atoms with Gasteiger partial charge in [0.1, 0.15) is 0 Å². The van der Waals surface area contributed by atoms with E-state index >= 15 is 0 Å². The van der Waals surface area contributed by atoms with Gasteiger partial charge in [-0.15, -0.1) is 0 Å². The van der Waals surface area contributed by atoms with Gasteiger partial charge in [-0.25, -0.2) is 0 Å². The van der Waals surface area contributed by atoms with Crippen molar-refractivity contribution in [1.29, 1.82) is 0 Å². The van der Waals surface area contributed by atoms with Crippen molar-refractivity contribution in [2.24, 2.45) is 4.99 Å². The van der Waals surface area contributed by atoms with Crippen LogP contribution in [0.1, 0.15) is 12.0 Å². The summed E-state index contributed by atoms with van der Waals surface area (Å²) < 4.78 is 0. The third-order valence-corrected chi connectivity index (χ3v) is 4.42. The van der Waals surface area contributed by atoms with Crippen LogP contribution >= 0.6 is 0 Å². The summed E-state index contributed by atoms with van der Waals surface area (Å²) >= 11 is 0. The lowest BCUT2D eigenvalue weighted by molar-refractivity contribution is -0.421. The van der Waals surface area contributed by atoms with Gasteiger partial charge in [-0.3, -0.25) is 20.1 Å². The molecule has 1 aromatic heterocycles. The molecule has 124 valence electrons. The molecule has 0 saturated carbocycles. The van der Waals surface area contributed by atoms with Gasteiger partial charge in [0.05, 0.1) is 22.7 Å². The fourth-order valence-electron chi connectivity index (χ4n) is 3.23. The van der Waals surface area contributed by atoms with E-state index in [1.165, 1.54) is 6.08 Å². The van der Waals surface area contributed by atoms with E-state index in [0.717, 1.165) is 22.2 Å².